The third-order valence-corrected chi connectivity index (χ3v) is 4.80. The molecule has 1 atom stereocenters. The standard InChI is InChI=1S/C11H14BrNO4S/c1-3-10(11(14)15)13-18(16,17)8-4-5-9(12)7(2)6-8/h4-6,10,13H,3H2,1-2H3,(H,14,15)/t10-/m0/s1. The van der Waals surface area contributed by atoms with Crippen LogP contribution in [0.5, 0.6) is 0 Å². The lowest BCUT2D eigenvalue weighted by Crippen LogP contribution is -2.40. The minimum absolute atomic E-state index is 0.0582. The zero-order chi connectivity index (χ0) is 13.9. The average Bonchev–Trinajstić information content (AvgIpc) is 2.29. The summed E-state index contributed by atoms with van der Waals surface area (Å²) in [4.78, 5) is 10.9. The van der Waals surface area contributed by atoms with Gasteiger partial charge in [0.2, 0.25) is 10.0 Å². The van der Waals surface area contributed by atoms with Crippen molar-refractivity contribution < 1.29 is 18.3 Å². The fourth-order valence-corrected chi connectivity index (χ4v) is 2.95. The molecular formula is C11H14BrNO4S. The van der Waals surface area contributed by atoms with E-state index in [0.717, 1.165) is 10.0 Å². The van der Waals surface area contributed by atoms with Crippen molar-refractivity contribution in [1.29, 1.82) is 0 Å². The molecular weight excluding hydrogens is 322 g/mol. The molecule has 0 aliphatic carbocycles. The van der Waals surface area contributed by atoms with Crippen molar-refractivity contribution >= 4 is 31.9 Å². The number of hydrogen-bond acceptors (Lipinski definition) is 3. The van der Waals surface area contributed by atoms with Crippen molar-refractivity contribution in [3.05, 3.63) is 28.2 Å². The number of hydrogen-bond donors (Lipinski definition) is 2. The number of halogens is 1. The third-order valence-electron chi connectivity index (χ3n) is 2.44. The molecule has 2 N–H and O–H groups in total. The predicted molar refractivity (Wildman–Crippen MR) is 70.9 cm³/mol. The van der Waals surface area contributed by atoms with Gasteiger partial charge in [-0.05, 0) is 37.1 Å². The molecule has 18 heavy (non-hydrogen) atoms. The van der Waals surface area contributed by atoms with E-state index in [1.807, 2.05) is 0 Å². The maximum absolute atomic E-state index is 12.0. The van der Waals surface area contributed by atoms with E-state index >= 15 is 0 Å². The molecule has 100 valence electrons. The van der Waals surface area contributed by atoms with Crippen LogP contribution >= 0.6 is 15.9 Å². The van der Waals surface area contributed by atoms with Gasteiger partial charge < -0.3 is 5.11 Å². The zero-order valence-corrected chi connectivity index (χ0v) is 12.4. The van der Waals surface area contributed by atoms with Gasteiger partial charge in [0.25, 0.3) is 0 Å². The molecule has 0 aliphatic heterocycles. The molecule has 0 spiro atoms. The quantitative estimate of drug-likeness (QED) is 0.860. The Kier molecular flexibility index (Phi) is 4.89. The van der Waals surface area contributed by atoms with Crippen LogP contribution in [-0.4, -0.2) is 25.5 Å². The van der Waals surface area contributed by atoms with E-state index in [1.54, 1.807) is 19.9 Å². The van der Waals surface area contributed by atoms with Gasteiger partial charge in [-0.15, -0.1) is 0 Å². The number of aliphatic carboxylic acids is 1. The minimum atomic E-state index is -3.81. The van der Waals surface area contributed by atoms with Gasteiger partial charge in [0.15, 0.2) is 0 Å². The number of rotatable bonds is 5. The SMILES string of the molecule is CC[C@H](NS(=O)(=O)c1ccc(Br)c(C)c1)C(=O)O. The Bertz CT molecular complexity index is 556. The maximum Gasteiger partial charge on any atom is 0.321 e. The number of nitrogens with one attached hydrogen (secondary N) is 1. The fraction of sp³-hybridized carbons (Fsp3) is 0.364. The van der Waals surface area contributed by atoms with Crippen molar-refractivity contribution in [2.24, 2.45) is 0 Å². The number of benzene rings is 1. The third kappa shape index (κ3) is 3.54. The smallest absolute Gasteiger partial charge is 0.321 e. The summed E-state index contributed by atoms with van der Waals surface area (Å²) in [7, 11) is -3.81. The molecule has 7 heteroatoms. The zero-order valence-electron chi connectivity index (χ0n) is 9.97. The number of carboxylic acid groups (broad SMARTS) is 1. The van der Waals surface area contributed by atoms with Crippen LogP contribution < -0.4 is 4.72 Å². The summed E-state index contributed by atoms with van der Waals surface area (Å²) in [6, 6.07) is 3.42. The lowest BCUT2D eigenvalue weighted by Gasteiger charge is -2.13. The van der Waals surface area contributed by atoms with Gasteiger partial charge in [-0.3, -0.25) is 4.79 Å². The summed E-state index contributed by atoms with van der Waals surface area (Å²) in [6.07, 6.45) is 0.185. The molecule has 0 amide bonds. The summed E-state index contributed by atoms with van der Waals surface area (Å²) in [5.41, 5.74) is 0.765. The van der Waals surface area contributed by atoms with Crippen molar-refractivity contribution in [2.45, 2.75) is 31.2 Å². The molecule has 0 aromatic heterocycles. The Morgan fingerprint density at radius 3 is 2.56 bits per heavy atom. The van der Waals surface area contributed by atoms with E-state index in [2.05, 4.69) is 20.7 Å². The number of aryl methyl sites for hydroxylation is 1. The summed E-state index contributed by atoms with van der Waals surface area (Å²) >= 11 is 3.27. The second-order valence-electron chi connectivity index (χ2n) is 3.83. The molecule has 0 fully saturated rings. The Hall–Kier alpha value is -0.920. The summed E-state index contributed by atoms with van der Waals surface area (Å²) in [5.74, 6) is -1.19. The van der Waals surface area contributed by atoms with E-state index < -0.39 is 22.0 Å². The van der Waals surface area contributed by atoms with Gasteiger partial charge in [-0.1, -0.05) is 22.9 Å². The first-order valence-corrected chi connectivity index (χ1v) is 7.57. The fourth-order valence-electron chi connectivity index (χ4n) is 1.35. The monoisotopic (exact) mass is 335 g/mol. The highest BCUT2D eigenvalue weighted by Gasteiger charge is 2.23. The van der Waals surface area contributed by atoms with Crippen LogP contribution in [0.3, 0.4) is 0 Å². The molecule has 0 bridgehead atoms. The molecule has 1 rings (SSSR count). The van der Waals surface area contributed by atoms with Crippen LogP contribution in [0.1, 0.15) is 18.9 Å². The molecule has 0 unspecified atom stereocenters. The molecule has 0 saturated carbocycles. The van der Waals surface area contributed by atoms with E-state index in [4.69, 9.17) is 5.11 Å². The van der Waals surface area contributed by atoms with Crippen LogP contribution in [0, 0.1) is 6.92 Å². The molecule has 5 nitrogen and oxygen atoms in total. The lowest BCUT2D eigenvalue weighted by atomic mass is 10.2. The van der Waals surface area contributed by atoms with Gasteiger partial charge in [0.05, 0.1) is 4.90 Å². The molecule has 0 radical (unpaired) electrons. The average molecular weight is 336 g/mol. The van der Waals surface area contributed by atoms with Crippen molar-refractivity contribution in [3.63, 3.8) is 0 Å². The summed E-state index contributed by atoms with van der Waals surface area (Å²) in [5, 5.41) is 8.85. The minimum Gasteiger partial charge on any atom is -0.480 e. The lowest BCUT2D eigenvalue weighted by molar-refractivity contribution is -0.139. The first kappa shape index (κ1) is 15.1. The van der Waals surface area contributed by atoms with E-state index in [9.17, 15) is 13.2 Å². The number of carboxylic acids is 1. The first-order chi connectivity index (χ1) is 8.27. The molecule has 0 heterocycles. The highest BCUT2D eigenvalue weighted by atomic mass is 79.9. The second kappa shape index (κ2) is 5.81. The summed E-state index contributed by atoms with van der Waals surface area (Å²) < 4.78 is 26.9. The highest BCUT2D eigenvalue weighted by molar-refractivity contribution is 9.10. The van der Waals surface area contributed by atoms with Crippen LogP contribution in [0.25, 0.3) is 0 Å². The normalized spacial score (nSPS) is 13.3. The number of sulfonamides is 1. The van der Waals surface area contributed by atoms with Crippen LogP contribution in [0.4, 0.5) is 0 Å². The largest absolute Gasteiger partial charge is 0.480 e. The molecule has 1 aromatic rings. The van der Waals surface area contributed by atoms with Gasteiger partial charge in [0, 0.05) is 4.47 Å². The Morgan fingerprint density at radius 1 is 1.50 bits per heavy atom. The Balaban J connectivity index is 3.06. The van der Waals surface area contributed by atoms with Crippen LogP contribution in [0.2, 0.25) is 0 Å². The second-order valence-corrected chi connectivity index (χ2v) is 6.40. The predicted octanol–water partition coefficient (Wildman–Crippen LogP) is 1.90. The maximum atomic E-state index is 12.0. The van der Waals surface area contributed by atoms with E-state index in [1.165, 1.54) is 12.1 Å². The molecule has 1 aromatic carbocycles. The summed E-state index contributed by atoms with van der Waals surface area (Å²) in [6.45, 7) is 3.37. The van der Waals surface area contributed by atoms with Gasteiger partial charge in [-0.25, -0.2) is 8.42 Å². The first-order valence-electron chi connectivity index (χ1n) is 5.29. The molecule has 0 saturated heterocycles. The van der Waals surface area contributed by atoms with Gasteiger partial charge >= 0.3 is 5.97 Å². The highest BCUT2D eigenvalue weighted by Crippen LogP contribution is 2.20. The topological polar surface area (TPSA) is 83.5 Å². The Labute approximate surface area is 114 Å². The van der Waals surface area contributed by atoms with Crippen LogP contribution in [0.15, 0.2) is 27.6 Å². The van der Waals surface area contributed by atoms with Crippen molar-refractivity contribution in [1.82, 2.24) is 4.72 Å². The Morgan fingerprint density at radius 2 is 2.11 bits per heavy atom. The van der Waals surface area contributed by atoms with Crippen molar-refractivity contribution in [2.75, 3.05) is 0 Å². The van der Waals surface area contributed by atoms with Crippen LogP contribution in [-0.2, 0) is 14.8 Å². The van der Waals surface area contributed by atoms with Gasteiger partial charge in [0.1, 0.15) is 6.04 Å². The van der Waals surface area contributed by atoms with Crippen molar-refractivity contribution in [3.8, 4) is 0 Å². The van der Waals surface area contributed by atoms with Gasteiger partial charge in [-0.2, -0.15) is 4.72 Å². The van der Waals surface area contributed by atoms with E-state index in [0.29, 0.717) is 0 Å². The number of carbonyl (C=O) groups is 1. The molecule has 0 aliphatic rings. The van der Waals surface area contributed by atoms with E-state index in [-0.39, 0.29) is 11.3 Å².